The van der Waals surface area contributed by atoms with Crippen LogP contribution in [0.1, 0.15) is 11.1 Å². The second kappa shape index (κ2) is 7.50. The highest BCUT2D eigenvalue weighted by atomic mass is 19.4. The first kappa shape index (κ1) is 19.8. The van der Waals surface area contributed by atoms with E-state index in [1.54, 1.807) is 12.1 Å². The Morgan fingerprint density at radius 2 is 1.61 bits per heavy atom. The monoisotopic (exact) mass is 426 g/mol. The molecule has 1 aliphatic rings. The minimum Gasteiger partial charge on any atom is -0.508 e. The van der Waals surface area contributed by atoms with Crippen LogP contribution in [-0.2, 0) is 12.7 Å². The number of benzene rings is 3. The van der Waals surface area contributed by atoms with E-state index >= 15 is 0 Å². The lowest BCUT2D eigenvalue weighted by molar-refractivity contribution is -0.137. The number of rotatable bonds is 3. The maximum atomic E-state index is 13.0. The molecule has 160 valence electrons. The number of aromatic hydroxyl groups is 1. The Bertz CT molecular complexity index is 1240. The van der Waals surface area contributed by atoms with Gasteiger partial charge < -0.3 is 14.4 Å². The maximum absolute atomic E-state index is 13.0. The van der Waals surface area contributed by atoms with E-state index in [9.17, 15) is 18.3 Å². The molecule has 5 rings (SSSR count). The summed E-state index contributed by atoms with van der Waals surface area (Å²) >= 11 is 0. The number of halogens is 3. The lowest BCUT2D eigenvalue weighted by Crippen LogP contribution is -2.46. The first-order chi connectivity index (χ1) is 14.9. The van der Waals surface area contributed by atoms with Crippen molar-refractivity contribution in [3.05, 3.63) is 71.8 Å². The van der Waals surface area contributed by atoms with Crippen LogP contribution in [0.25, 0.3) is 21.9 Å². The normalized spacial score (nSPS) is 15.8. The Balaban J connectivity index is 1.30. The Hall–Kier alpha value is -3.19. The summed E-state index contributed by atoms with van der Waals surface area (Å²) in [7, 11) is 0. The number of alkyl halides is 3. The van der Waals surface area contributed by atoms with Crippen molar-refractivity contribution in [2.45, 2.75) is 12.7 Å². The molecule has 0 amide bonds. The summed E-state index contributed by atoms with van der Waals surface area (Å²) in [5, 5.41) is 12.4. The first-order valence-electron chi connectivity index (χ1n) is 10.2. The molecule has 0 aliphatic carbocycles. The van der Waals surface area contributed by atoms with Crippen LogP contribution in [0, 0.1) is 0 Å². The molecule has 0 unspecified atom stereocenters. The Morgan fingerprint density at radius 3 is 2.39 bits per heavy atom. The Labute approximate surface area is 177 Å². The molecule has 2 heterocycles. The summed E-state index contributed by atoms with van der Waals surface area (Å²) in [6.45, 7) is 3.17. The average molecular weight is 426 g/mol. The van der Waals surface area contributed by atoms with Crippen molar-refractivity contribution in [2.24, 2.45) is 0 Å². The molecular formula is C24H21F3N2O2. The number of anilines is 1. The fraction of sp³-hybridized carbons (Fsp3) is 0.250. The number of para-hydroxylation sites is 1. The molecule has 3 aromatic carbocycles. The topological polar surface area (TPSA) is 39.9 Å². The number of hydrogen-bond acceptors (Lipinski definition) is 4. The maximum Gasteiger partial charge on any atom is 0.416 e. The van der Waals surface area contributed by atoms with Crippen LogP contribution in [-0.4, -0.2) is 36.2 Å². The highest BCUT2D eigenvalue weighted by Gasteiger charge is 2.31. The van der Waals surface area contributed by atoms with Gasteiger partial charge in [0.15, 0.2) is 0 Å². The molecule has 4 aromatic rings. The van der Waals surface area contributed by atoms with E-state index in [1.807, 2.05) is 35.2 Å². The van der Waals surface area contributed by atoms with Gasteiger partial charge in [-0.15, -0.1) is 0 Å². The van der Waals surface area contributed by atoms with E-state index in [0.717, 1.165) is 33.6 Å². The molecule has 0 spiro atoms. The van der Waals surface area contributed by atoms with Gasteiger partial charge in [-0.3, -0.25) is 4.90 Å². The molecule has 1 fully saturated rings. The number of fused-ring (bicyclic) bond motifs is 3. The molecule has 1 N–H and O–H groups in total. The molecule has 4 nitrogen and oxygen atoms in total. The Kier molecular flexibility index (Phi) is 4.78. The van der Waals surface area contributed by atoms with Crippen LogP contribution >= 0.6 is 0 Å². The van der Waals surface area contributed by atoms with E-state index in [4.69, 9.17) is 4.42 Å². The molecule has 0 atom stereocenters. The number of phenols is 1. The van der Waals surface area contributed by atoms with Crippen molar-refractivity contribution in [3.8, 4) is 5.75 Å². The summed E-state index contributed by atoms with van der Waals surface area (Å²) < 4.78 is 44.9. The zero-order valence-electron chi connectivity index (χ0n) is 16.7. The molecule has 1 aromatic heterocycles. The van der Waals surface area contributed by atoms with Crippen LogP contribution in [0.5, 0.6) is 5.75 Å². The lowest BCUT2D eigenvalue weighted by Gasteiger charge is -2.36. The van der Waals surface area contributed by atoms with Gasteiger partial charge in [0.1, 0.15) is 16.9 Å². The summed E-state index contributed by atoms with van der Waals surface area (Å²) in [6, 6.07) is 16.8. The van der Waals surface area contributed by atoms with Crippen molar-refractivity contribution < 1.29 is 22.7 Å². The van der Waals surface area contributed by atoms with Crippen LogP contribution < -0.4 is 4.90 Å². The predicted octanol–water partition coefficient (Wildman–Crippen LogP) is 5.63. The van der Waals surface area contributed by atoms with Gasteiger partial charge in [-0.1, -0.05) is 24.3 Å². The Morgan fingerprint density at radius 1 is 0.839 bits per heavy atom. The molecular weight excluding hydrogens is 405 g/mol. The minimum atomic E-state index is -4.34. The summed E-state index contributed by atoms with van der Waals surface area (Å²) in [5.74, 6) is 0.222. The fourth-order valence-electron chi connectivity index (χ4n) is 4.21. The van der Waals surface area contributed by atoms with Gasteiger partial charge >= 0.3 is 6.18 Å². The van der Waals surface area contributed by atoms with Crippen molar-refractivity contribution in [1.82, 2.24) is 4.90 Å². The minimum absolute atomic E-state index is 0.222. The van der Waals surface area contributed by atoms with Gasteiger partial charge in [0.2, 0.25) is 0 Å². The lowest BCUT2D eigenvalue weighted by atomic mass is 10.1. The quantitative estimate of drug-likeness (QED) is 0.461. The van der Waals surface area contributed by atoms with Gasteiger partial charge in [-0.2, -0.15) is 13.2 Å². The summed E-state index contributed by atoms with van der Waals surface area (Å²) in [5.41, 5.74) is 2.25. The number of furan rings is 1. The highest BCUT2D eigenvalue weighted by molar-refractivity contribution is 6.05. The second-order valence-corrected chi connectivity index (χ2v) is 7.89. The number of nitrogens with zero attached hydrogens (tertiary/aromatic N) is 2. The van der Waals surface area contributed by atoms with Crippen molar-refractivity contribution in [1.29, 1.82) is 0 Å². The third-order valence-corrected chi connectivity index (χ3v) is 5.88. The first-order valence-corrected chi connectivity index (χ1v) is 10.2. The number of piperazine rings is 1. The SMILES string of the molecule is Oc1cc2c(cc1CN1CCN(c3cccc(C(F)(F)F)c3)CC1)oc1ccccc12. The molecule has 0 radical (unpaired) electrons. The van der Waals surface area contributed by atoms with E-state index in [0.29, 0.717) is 38.4 Å². The van der Waals surface area contributed by atoms with E-state index in [2.05, 4.69) is 4.90 Å². The summed E-state index contributed by atoms with van der Waals surface area (Å²) in [6.07, 6.45) is -4.34. The standard InChI is InChI=1S/C24H21F3N2O2/c25-24(26,27)17-4-3-5-18(13-17)29-10-8-28(9-11-29)15-16-12-23-20(14-21(16)30)19-6-1-2-7-22(19)31-23/h1-7,12-14,30H,8-11,15H2. The van der Waals surface area contributed by atoms with Gasteiger partial charge in [0, 0.05) is 54.7 Å². The van der Waals surface area contributed by atoms with Crippen molar-refractivity contribution >= 4 is 27.6 Å². The van der Waals surface area contributed by atoms with Crippen LogP contribution in [0.15, 0.2) is 65.1 Å². The van der Waals surface area contributed by atoms with Crippen LogP contribution in [0.2, 0.25) is 0 Å². The van der Waals surface area contributed by atoms with Crippen molar-refractivity contribution in [3.63, 3.8) is 0 Å². The van der Waals surface area contributed by atoms with Gasteiger partial charge in [-0.25, -0.2) is 0 Å². The molecule has 0 bridgehead atoms. The number of phenolic OH excluding ortho intramolecular Hbond substituents is 1. The van der Waals surface area contributed by atoms with Crippen LogP contribution in [0.3, 0.4) is 0 Å². The van der Waals surface area contributed by atoms with Gasteiger partial charge in [-0.05, 0) is 36.4 Å². The van der Waals surface area contributed by atoms with E-state index in [-0.39, 0.29) is 5.75 Å². The largest absolute Gasteiger partial charge is 0.508 e. The smallest absolute Gasteiger partial charge is 0.416 e. The van der Waals surface area contributed by atoms with E-state index in [1.165, 1.54) is 12.1 Å². The molecule has 1 saturated heterocycles. The van der Waals surface area contributed by atoms with Crippen LogP contribution in [0.4, 0.5) is 18.9 Å². The third kappa shape index (κ3) is 3.81. The zero-order chi connectivity index (χ0) is 21.6. The van der Waals surface area contributed by atoms with E-state index < -0.39 is 11.7 Å². The molecule has 7 heteroatoms. The molecule has 1 aliphatic heterocycles. The zero-order valence-corrected chi connectivity index (χ0v) is 16.7. The second-order valence-electron chi connectivity index (χ2n) is 7.89. The average Bonchev–Trinajstić information content (AvgIpc) is 3.11. The van der Waals surface area contributed by atoms with Gasteiger partial charge in [0.25, 0.3) is 0 Å². The third-order valence-electron chi connectivity index (χ3n) is 5.88. The predicted molar refractivity (Wildman–Crippen MR) is 114 cm³/mol. The van der Waals surface area contributed by atoms with Gasteiger partial charge in [0.05, 0.1) is 5.56 Å². The fourth-order valence-corrected chi connectivity index (χ4v) is 4.21. The highest BCUT2D eigenvalue weighted by Crippen LogP contribution is 2.34. The molecule has 0 saturated carbocycles. The number of hydrogen-bond donors (Lipinski definition) is 1. The summed E-state index contributed by atoms with van der Waals surface area (Å²) in [4.78, 5) is 4.15. The van der Waals surface area contributed by atoms with Crippen molar-refractivity contribution in [2.75, 3.05) is 31.1 Å². The molecule has 31 heavy (non-hydrogen) atoms.